The van der Waals surface area contributed by atoms with Gasteiger partial charge in [0.1, 0.15) is 5.60 Å². The third-order valence-electron chi connectivity index (χ3n) is 4.12. The Morgan fingerprint density at radius 1 is 1.37 bits per heavy atom. The van der Waals surface area contributed by atoms with E-state index in [0.717, 1.165) is 25.1 Å². The molecular weight excluding hydrogens is 344 g/mol. The van der Waals surface area contributed by atoms with E-state index in [1.165, 1.54) is 0 Å². The number of aromatic nitrogens is 1. The fourth-order valence-corrected chi connectivity index (χ4v) is 2.83. The second kappa shape index (κ2) is 8.38. The van der Waals surface area contributed by atoms with Gasteiger partial charge in [-0.2, -0.15) is 0 Å². The molecule has 0 radical (unpaired) electrons. The number of furan rings is 1. The van der Waals surface area contributed by atoms with Crippen LogP contribution < -0.4 is 0 Å². The van der Waals surface area contributed by atoms with E-state index < -0.39 is 5.60 Å². The Bertz CT molecular complexity index is 821. The summed E-state index contributed by atoms with van der Waals surface area (Å²) in [6, 6.07) is 8.87. The molecule has 1 saturated heterocycles. The molecule has 0 saturated carbocycles. The van der Waals surface area contributed by atoms with Crippen molar-refractivity contribution in [2.45, 2.75) is 44.9 Å². The Labute approximate surface area is 159 Å². The summed E-state index contributed by atoms with van der Waals surface area (Å²) in [5.74, 6) is 5.75. The standard InChI is InChI=1S/C21H24N2O4/c1-21(2,25)11-10-17-8-9-19(27-17)20(24)23(15-18-7-5-13-26-18)14-16-6-3-4-12-22-16/h3-4,6,8-9,12,18,25H,5,7,13-15H2,1-2H3/t18-/m1/s1. The lowest BCUT2D eigenvalue weighted by molar-refractivity contribution is 0.0480. The number of ether oxygens (including phenoxy) is 1. The van der Waals surface area contributed by atoms with Crippen molar-refractivity contribution in [2.75, 3.05) is 13.2 Å². The van der Waals surface area contributed by atoms with Crippen molar-refractivity contribution < 1.29 is 19.1 Å². The number of amides is 1. The molecule has 2 aromatic rings. The topological polar surface area (TPSA) is 75.8 Å². The van der Waals surface area contributed by atoms with Crippen molar-refractivity contribution in [1.82, 2.24) is 9.88 Å². The van der Waals surface area contributed by atoms with Crippen LogP contribution in [0.5, 0.6) is 0 Å². The van der Waals surface area contributed by atoms with Gasteiger partial charge >= 0.3 is 0 Å². The van der Waals surface area contributed by atoms with Crippen LogP contribution in [0.1, 0.15) is 48.7 Å². The normalized spacial score (nSPS) is 16.6. The summed E-state index contributed by atoms with van der Waals surface area (Å²) in [6.45, 7) is 4.77. The number of pyridine rings is 1. The van der Waals surface area contributed by atoms with Crippen LogP contribution in [0.3, 0.4) is 0 Å². The Morgan fingerprint density at radius 2 is 2.22 bits per heavy atom. The highest BCUT2D eigenvalue weighted by atomic mass is 16.5. The van der Waals surface area contributed by atoms with Gasteiger partial charge in [-0.05, 0) is 56.9 Å². The van der Waals surface area contributed by atoms with Crippen LogP contribution >= 0.6 is 0 Å². The molecule has 6 nitrogen and oxygen atoms in total. The van der Waals surface area contributed by atoms with Crippen molar-refractivity contribution >= 4 is 5.91 Å². The van der Waals surface area contributed by atoms with Crippen LogP contribution in [-0.4, -0.2) is 45.8 Å². The largest absolute Gasteiger partial charge is 0.443 e. The van der Waals surface area contributed by atoms with Crippen LogP contribution in [0.15, 0.2) is 40.9 Å². The molecule has 0 aliphatic carbocycles. The first-order valence-corrected chi connectivity index (χ1v) is 9.07. The maximum Gasteiger partial charge on any atom is 0.290 e. The fourth-order valence-electron chi connectivity index (χ4n) is 2.83. The molecule has 1 N–H and O–H groups in total. The number of carbonyl (C=O) groups is 1. The van der Waals surface area contributed by atoms with E-state index in [1.54, 1.807) is 37.1 Å². The van der Waals surface area contributed by atoms with Crippen LogP contribution in [0.2, 0.25) is 0 Å². The highest BCUT2D eigenvalue weighted by Gasteiger charge is 2.25. The van der Waals surface area contributed by atoms with Crippen molar-refractivity contribution in [3.8, 4) is 11.8 Å². The third kappa shape index (κ3) is 5.68. The average Bonchev–Trinajstić information content (AvgIpc) is 3.31. The average molecular weight is 368 g/mol. The second-order valence-electron chi connectivity index (χ2n) is 7.11. The van der Waals surface area contributed by atoms with Crippen molar-refractivity contribution in [2.24, 2.45) is 0 Å². The minimum Gasteiger partial charge on any atom is -0.443 e. The maximum absolute atomic E-state index is 13.0. The summed E-state index contributed by atoms with van der Waals surface area (Å²) < 4.78 is 11.3. The lowest BCUT2D eigenvalue weighted by Crippen LogP contribution is -2.37. The fraction of sp³-hybridized carbons (Fsp3) is 0.429. The molecule has 2 aromatic heterocycles. The zero-order chi connectivity index (χ0) is 19.3. The molecule has 27 heavy (non-hydrogen) atoms. The van der Waals surface area contributed by atoms with E-state index in [4.69, 9.17) is 9.15 Å². The molecule has 1 amide bonds. The Kier molecular flexibility index (Phi) is 5.94. The molecule has 6 heteroatoms. The number of carbonyl (C=O) groups excluding carboxylic acids is 1. The molecule has 3 rings (SSSR count). The summed E-state index contributed by atoms with van der Waals surface area (Å²) >= 11 is 0. The molecule has 1 atom stereocenters. The lowest BCUT2D eigenvalue weighted by atomic mass is 10.1. The Hall–Kier alpha value is -2.62. The smallest absolute Gasteiger partial charge is 0.290 e. The molecule has 0 aromatic carbocycles. The number of aliphatic hydroxyl groups is 1. The van der Waals surface area contributed by atoms with Gasteiger partial charge in [-0.1, -0.05) is 12.0 Å². The van der Waals surface area contributed by atoms with Gasteiger partial charge < -0.3 is 19.2 Å². The van der Waals surface area contributed by atoms with Crippen LogP contribution in [0.4, 0.5) is 0 Å². The summed E-state index contributed by atoms with van der Waals surface area (Å²) in [4.78, 5) is 19.0. The SMILES string of the molecule is CC(C)(O)C#Cc1ccc(C(=O)N(Cc2ccccn2)C[C@H]2CCCO2)o1. The van der Waals surface area contributed by atoms with E-state index in [0.29, 0.717) is 18.8 Å². The molecular formula is C21H24N2O4. The van der Waals surface area contributed by atoms with Crippen LogP contribution in [-0.2, 0) is 11.3 Å². The van der Waals surface area contributed by atoms with Gasteiger partial charge in [0.15, 0.2) is 11.5 Å². The van der Waals surface area contributed by atoms with Gasteiger partial charge in [0.2, 0.25) is 0 Å². The highest BCUT2D eigenvalue weighted by Crippen LogP contribution is 2.18. The zero-order valence-corrected chi connectivity index (χ0v) is 15.6. The van der Waals surface area contributed by atoms with Crippen LogP contribution in [0, 0.1) is 11.8 Å². The molecule has 1 aliphatic heterocycles. The number of hydrogen-bond donors (Lipinski definition) is 1. The summed E-state index contributed by atoms with van der Waals surface area (Å²) in [6.07, 6.45) is 3.68. The number of nitrogens with zero attached hydrogens (tertiary/aromatic N) is 2. The summed E-state index contributed by atoms with van der Waals surface area (Å²) in [5.41, 5.74) is -0.320. The highest BCUT2D eigenvalue weighted by molar-refractivity contribution is 5.91. The van der Waals surface area contributed by atoms with E-state index >= 15 is 0 Å². The maximum atomic E-state index is 13.0. The van der Waals surface area contributed by atoms with E-state index in [1.807, 2.05) is 18.2 Å². The molecule has 1 aliphatic rings. The second-order valence-corrected chi connectivity index (χ2v) is 7.11. The van der Waals surface area contributed by atoms with Gasteiger partial charge in [-0.15, -0.1) is 0 Å². The molecule has 0 spiro atoms. The minimum absolute atomic E-state index is 0.0297. The van der Waals surface area contributed by atoms with Crippen molar-refractivity contribution in [3.05, 3.63) is 53.7 Å². The monoisotopic (exact) mass is 368 g/mol. The first kappa shape index (κ1) is 19.2. The number of hydrogen-bond acceptors (Lipinski definition) is 5. The van der Waals surface area contributed by atoms with Crippen LogP contribution in [0.25, 0.3) is 0 Å². The summed E-state index contributed by atoms with van der Waals surface area (Å²) in [7, 11) is 0. The first-order chi connectivity index (χ1) is 12.9. The Balaban J connectivity index is 1.77. The van der Waals surface area contributed by atoms with E-state index in [2.05, 4.69) is 16.8 Å². The van der Waals surface area contributed by atoms with Gasteiger partial charge in [0, 0.05) is 19.3 Å². The molecule has 1 fully saturated rings. The minimum atomic E-state index is -1.12. The quantitative estimate of drug-likeness (QED) is 0.821. The van der Waals surface area contributed by atoms with Crippen molar-refractivity contribution in [1.29, 1.82) is 0 Å². The predicted octanol–water partition coefficient (Wildman–Crippen LogP) is 2.62. The van der Waals surface area contributed by atoms with Gasteiger partial charge in [0.05, 0.1) is 18.3 Å². The molecule has 3 heterocycles. The summed E-state index contributed by atoms with van der Waals surface area (Å²) in [5, 5.41) is 9.70. The lowest BCUT2D eigenvalue weighted by Gasteiger charge is -2.24. The van der Waals surface area contributed by atoms with Gasteiger partial charge in [-0.25, -0.2) is 0 Å². The third-order valence-corrected chi connectivity index (χ3v) is 4.12. The van der Waals surface area contributed by atoms with E-state index in [9.17, 15) is 9.90 Å². The molecule has 0 unspecified atom stereocenters. The first-order valence-electron chi connectivity index (χ1n) is 9.07. The molecule has 0 bridgehead atoms. The van der Waals surface area contributed by atoms with Gasteiger partial charge in [0.25, 0.3) is 5.91 Å². The Morgan fingerprint density at radius 3 is 2.89 bits per heavy atom. The zero-order valence-electron chi connectivity index (χ0n) is 15.6. The molecule has 142 valence electrons. The predicted molar refractivity (Wildman–Crippen MR) is 99.8 cm³/mol. The van der Waals surface area contributed by atoms with E-state index in [-0.39, 0.29) is 17.8 Å². The number of rotatable bonds is 5. The van der Waals surface area contributed by atoms with Gasteiger partial charge in [-0.3, -0.25) is 9.78 Å². The van der Waals surface area contributed by atoms with Crippen molar-refractivity contribution in [3.63, 3.8) is 0 Å².